The van der Waals surface area contributed by atoms with Crippen molar-refractivity contribution < 1.29 is 7.65 Å². The minimum Gasteiger partial charge on any atom is -0.379 e. The summed E-state index contributed by atoms with van der Waals surface area (Å²) >= 11 is 0. The Balaban J connectivity index is 0.00000196. The van der Waals surface area contributed by atoms with Gasteiger partial charge in [0.25, 0.3) is 5.91 Å². The summed E-state index contributed by atoms with van der Waals surface area (Å²) in [6.07, 6.45) is 14.9. The van der Waals surface area contributed by atoms with Crippen LogP contribution in [0.25, 0.3) is 12.2 Å². The molecule has 6 nitrogen and oxygen atoms in total. The zero-order valence-corrected chi connectivity index (χ0v) is 23.7. The standard InChI is InChI=1S/C30H35N5O.C2H6.2H2/c1-6-35(5)19-29-21(3)14-27(18-32-29)33-22(4)23-10-8-12-26(16-23)34-30(36)25-15-24-11-7-9-20(2)13-28(24)31-17-25;1-2;;/h7-8,10-19,21-22,33H,6,9H2,1-5H3,(H,34,36);1-2H3;2*1H/b29-19+;;;/t21?,22-;;;/m0.../s1. The van der Waals surface area contributed by atoms with Crippen molar-refractivity contribution >= 4 is 30.0 Å². The van der Waals surface area contributed by atoms with E-state index in [-0.39, 0.29) is 20.7 Å². The maximum Gasteiger partial charge on any atom is 0.257 e. The zero-order chi connectivity index (χ0) is 27.7. The Morgan fingerprint density at radius 3 is 2.82 bits per heavy atom. The van der Waals surface area contributed by atoms with E-state index in [1.807, 2.05) is 50.4 Å². The number of allylic oxidation sites excluding steroid dienone is 4. The number of dihydropyridines is 1. The first-order valence-corrected chi connectivity index (χ1v) is 13.5. The van der Waals surface area contributed by atoms with Crippen molar-refractivity contribution in [1.82, 2.24) is 15.2 Å². The van der Waals surface area contributed by atoms with Gasteiger partial charge in [-0.2, -0.15) is 0 Å². The lowest BCUT2D eigenvalue weighted by Crippen LogP contribution is -2.22. The summed E-state index contributed by atoms with van der Waals surface area (Å²) in [6, 6.07) is 9.87. The summed E-state index contributed by atoms with van der Waals surface area (Å²) in [5.41, 5.74) is 7.52. The average Bonchev–Trinajstić information content (AvgIpc) is 3.11. The van der Waals surface area contributed by atoms with Crippen molar-refractivity contribution in [2.75, 3.05) is 18.9 Å². The number of aliphatic imine (C=N–C) groups is 1. The quantitative estimate of drug-likeness (QED) is 0.396. The third-order valence-corrected chi connectivity index (χ3v) is 6.46. The molecule has 2 aliphatic rings. The molecule has 0 bridgehead atoms. The van der Waals surface area contributed by atoms with Gasteiger partial charge in [0.05, 0.1) is 23.2 Å². The van der Waals surface area contributed by atoms with Crippen molar-refractivity contribution in [3.63, 3.8) is 0 Å². The third-order valence-electron chi connectivity index (χ3n) is 6.46. The fourth-order valence-corrected chi connectivity index (χ4v) is 4.17. The molecule has 0 saturated heterocycles. The molecule has 2 atom stereocenters. The van der Waals surface area contributed by atoms with Crippen molar-refractivity contribution in [1.29, 1.82) is 0 Å². The van der Waals surface area contributed by atoms with Gasteiger partial charge in [0, 0.05) is 57.8 Å². The summed E-state index contributed by atoms with van der Waals surface area (Å²) in [7, 11) is 2.05. The highest BCUT2D eigenvalue weighted by Gasteiger charge is 2.15. The van der Waals surface area contributed by atoms with E-state index in [1.165, 1.54) is 5.57 Å². The molecule has 1 aromatic carbocycles. The number of carbonyl (C=O) groups excluding carboxylic acids is 1. The number of hydrogen-bond donors (Lipinski definition) is 2. The molecule has 4 rings (SSSR count). The lowest BCUT2D eigenvalue weighted by atomic mass is 10.0. The topological polar surface area (TPSA) is 69.6 Å². The normalized spacial score (nSPS) is 17.8. The molecular weight excluding hydrogens is 470 g/mol. The highest BCUT2D eigenvalue weighted by Crippen LogP contribution is 2.24. The van der Waals surface area contributed by atoms with E-state index < -0.39 is 0 Å². The van der Waals surface area contributed by atoms with E-state index in [9.17, 15) is 4.79 Å². The Bertz CT molecular complexity index is 1300. The molecule has 0 spiro atoms. The second-order valence-electron chi connectivity index (χ2n) is 9.54. The van der Waals surface area contributed by atoms with Crippen LogP contribution in [0.2, 0.25) is 0 Å². The predicted molar refractivity (Wildman–Crippen MR) is 165 cm³/mol. The van der Waals surface area contributed by atoms with Crippen LogP contribution in [-0.2, 0) is 0 Å². The molecule has 204 valence electrons. The molecule has 2 heterocycles. The van der Waals surface area contributed by atoms with Crippen LogP contribution in [0.5, 0.6) is 0 Å². The highest BCUT2D eigenvalue weighted by atomic mass is 16.1. The van der Waals surface area contributed by atoms with Gasteiger partial charge in [-0.25, -0.2) is 0 Å². The third kappa shape index (κ3) is 7.54. The number of anilines is 1. The van der Waals surface area contributed by atoms with Gasteiger partial charge in [-0.05, 0) is 57.0 Å². The number of aromatic nitrogens is 1. The second-order valence-corrected chi connectivity index (χ2v) is 9.54. The average molecular weight is 516 g/mol. The van der Waals surface area contributed by atoms with Crippen LogP contribution in [0.4, 0.5) is 5.69 Å². The van der Waals surface area contributed by atoms with E-state index in [4.69, 9.17) is 0 Å². The van der Waals surface area contributed by atoms with Crippen molar-refractivity contribution in [3.8, 4) is 0 Å². The Kier molecular flexibility index (Phi) is 10.2. The lowest BCUT2D eigenvalue weighted by Gasteiger charge is -2.22. The molecule has 38 heavy (non-hydrogen) atoms. The van der Waals surface area contributed by atoms with Crippen molar-refractivity contribution in [2.24, 2.45) is 10.9 Å². The van der Waals surface area contributed by atoms with Crippen LogP contribution < -0.4 is 10.6 Å². The Morgan fingerprint density at radius 1 is 1.29 bits per heavy atom. The van der Waals surface area contributed by atoms with E-state index in [0.717, 1.165) is 46.9 Å². The second kappa shape index (κ2) is 13.6. The van der Waals surface area contributed by atoms with Crippen LogP contribution in [0.1, 0.15) is 84.0 Å². The lowest BCUT2D eigenvalue weighted by molar-refractivity contribution is 0.102. The summed E-state index contributed by atoms with van der Waals surface area (Å²) in [5, 5.41) is 6.57. The largest absolute Gasteiger partial charge is 0.379 e. The molecule has 0 saturated carbocycles. The van der Waals surface area contributed by atoms with Gasteiger partial charge in [0.15, 0.2) is 0 Å². The SMILES string of the molecule is CC.CCN(C)/C=C1/N=CC(N[C@@H](C)c2cccc(NC(=O)c3cnc4c(c3)C=CCC(C)=C4)c2)=CC1C.[HH].[HH]. The smallest absolute Gasteiger partial charge is 0.257 e. The van der Waals surface area contributed by atoms with Crippen molar-refractivity contribution in [3.05, 3.63) is 94.2 Å². The maximum absolute atomic E-state index is 13.0. The predicted octanol–water partition coefficient (Wildman–Crippen LogP) is 7.72. The number of carbonyl (C=O) groups is 1. The summed E-state index contributed by atoms with van der Waals surface area (Å²) < 4.78 is 0. The van der Waals surface area contributed by atoms with Crippen LogP contribution in [0, 0.1) is 5.92 Å². The van der Waals surface area contributed by atoms with E-state index >= 15 is 0 Å². The van der Waals surface area contributed by atoms with E-state index in [2.05, 4.69) is 90.7 Å². The number of amides is 1. The summed E-state index contributed by atoms with van der Waals surface area (Å²) in [6.45, 7) is 13.4. The molecule has 6 heteroatoms. The summed E-state index contributed by atoms with van der Waals surface area (Å²) in [5.74, 6) is 0.0572. The Labute approximate surface area is 230 Å². The first-order valence-electron chi connectivity index (χ1n) is 13.5. The molecule has 1 unspecified atom stereocenters. The first kappa shape index (κ1) is 28.6. The minimum absolute atomic E-state index is 0. The molecule has 0 radical (unpaired) electrons. The number of nitrogens with zero attached hydrogens (tertiary/aromatic N) is 3. The Hall–Kier alpha value is -3.93. The number of rotatable bonds is 7. The van der Waals surface area contributed by atoms with Gasteiger partial charge >= 0.3 is 0 Å². The number of pyridine rings is 1. The van der Waals surface area contributed by atoms with Gasteiger partial charge in [-0.1, -0.05) is 56.7 Å². The fraction of sp³-hybridized carbons (Fsp3) is 0.344. The van der Waals surface area contributed by atoms with Gasteiger partial charge in [-0.15, -0.1) is 0 Å². The minimum atomic E-state index is -0.172. The molecule has 2 aromatic rings. The molecule has 1 aliphatic carbocycles. The van der Waals surface area contributed by atoms with Crippen LogP contribution in [-0.4, -0.2) is 35.6 Å². The molecule has 1 amide bonds. The van der Waals surface area contributed by atoms with Gasteiger partial charge in [0.2, 0.25) is 0 Å². The number of nitrogens with one attached hydrogen (secondary N) is 2. The van der Waals surface area contributed by atoms with Gasteiger partial charge < -0.3 is 15.5 Å². The first-order chi connectivity index (χ1) is 18.3. The zero-order valence-electron chi connectivity index (χ0n) is 23.7. The molecule has 0 fully saturated rings. The van der Waals surface area contributed by atoms with Crippen LogP contribution in [0.15, 0.2) is 76.8 Å². The summed E-state index contributed by atoms with van der Waals surface area (Å²) in [4.78, 5) is 24.3. The molecule has 1 aliphatic heterocycles. The Morgan fingerprint density at radius 2 is 2.08 bits per heavy atom. The number of hydrogen-bond acceptors (Lipinski definition) is 5. The molecular formula is C32H45N5O. The number of fused-ring (bicyclic) bond motifs is 1. The van der Waals surface area contributed by atoms with Crippen LogP contribution in [0.3, 0.4) is 0 Å². The van der Waals surface area contributed by atoms with E-state index in [0.29, 0.717) is 5.56 Å². The number of benzene rings is 1. The fourth-order valence-electron chi connectivity index (χ4n) is 4.17. The molecule has 1 aromatic heterocycles. The molecule has 2 N–H and O–H groups in total. The highest BCUT2D eigenvalue weighted by molar-refractivity contribution is 6.04. The van der Waals surface area contributed by atoms with Crippen molar-refractivity contribution in [2.45, 2.75) is 54.0 Å². The maximum atomic E-state index is 13.0. The van der Waals surface area contributed by atoms with E-state index in [1.54, 1.807) is 6.20 Å². The van der Waals surface area contributed by atoms with Gasteiger partial charge in [0.1, 0.15) is 0 Å². The van der Waals surface area contributed by atoms with Crippen LogP contribution >= 0.6 is 0 Å². The monoisotopic (exact) mass is 515 g/mol. The van der Waals surface area contributed by atoms with Gasteiger partial charge in [-0.3, -0.25) is 14.8 Å².